The summed E-state index contributed by atoms with van der Waals surface area (Å²) in [4.78, 5) is 32.1. The number of nitrogens with zero attached hydrogens (tertiary/aromatic N) is 1. The lowest BCUT2D eigenvalue weighted by Gasteiger charge is -2.08. The second-order valence-electron chi connectivity index (χ2n) is 4.57. The molecule has 1 aromatic rings. The lowest BCUT2D eigenvalue weighted by molar-refractivity contribution is -0.384. The highest BCUT2D eigenvalue weighted by Crippen LogP contribution is 2.15. The van der Waals surface area contributed by atoms with E-state index in [0.717, 1.165) is 0 Å². The van der Waals surface area contributed by atoms with Crippen molar-refractivity contribution < 1.29 is 19.6 Å². The van der Waals surface area contributed by atoms with Gasteiger partial charge in [-0.15, -0.1) is 0 Å². The average Bonchev–Trinajstić information content (AvgIpc) is 2.43. The number of carbonyl (C=O) groups excluding carboxylic acids is 1. The van der Waals surface area contributed by atoms with E-state index in [1.54, 1.807) is 6.92 Å². The van der Waals surface area contributed by atoms with Crippen molar-refractivity contribution >= 4 is 23.4 Å². The van der Waals surface area contributed by atoms with Crippen molar-refractivity contribution in [1.82, 2.24) is 5.32 Å². The molecule has 2 amide bonds. The molecule has 1 aromatic carbocycles. The number of benzene rings is 1. The van der Waals surface area contributed by atoms with Crippen LogP contribution in [-0.4, -0.2) is 28.6 Å². The SMILES string of the molecule is CC(CCCNC(=O)Nc1ccc([N+](=O)[O-])cc1)C(=O)O. The van der Waals surface area contributed by atoms with Gasteiger partial charge in [0.15, 0.2) is 0 Å². The van der Waals surface area contributed by atoms with Crippen LogP contribution in [0.15, 0.2) is 24.3 Å². The van der Waals surface area contributed by atoms with E-state index < -0.39 is 22.8 Å². The maximum absolute atomic E-state index is 11.5. The van der Waals surface area contributed by atoms with Gasteiger partial charge in [-0.2, -0.15) is 0 Å². The van der Waals surface area contributed by atoms with Gasteiger partial charge >= 0.3 is 12.0 Å². The van der Waals surface area contributed by atoms with Gasteiger partial charge in [-0.3, -0.25) is 14.9 Å². The standard InChI is InChI=1S/C13H17N3O5/c1-9(12(17)18)3-2-8-14-13(19)15-10-4-6-11(7-5-10)16(20)21/h4-7,9H,2-3,8H2,1H3,(H,17,18)(H2,14,15,19). The quantitative estimate of drug-likeness (QED) is 0.404. The summed E-state index contributed by atoms with van der Waals surface area (Å²) in [5, 5.41) is 24.3. The van der Waals surface area contributed by atoms with E-state index in [9.17, 15) is 19.7 Å². The largest absolute Gasteiger partial charge is 0.481 e. The first-order valence-electron chi connectivity index (χ1n) is 6.42. The first-order chi connectivity index (χ1) is 9.90. The van der Waals surface area contributed by atoms with Crippen molar-refractivity contribution in [2.75, 3.05) is 11.9 Å². The molecule has 1 rings (SSSR count). The minimum absolute atomic E-state index is 0.0522. The molecule has 0 heterocycles. The Bertz CT molecular complexity index is 515. The fourth-order valence-corrected chi connectivity index (χ4v) is 1.58. The molecule has 0 saturated carbocycles. The van der Waals surface area contributed by atoms with Crippen LogP contribution in [0.1, 0.15) is 19.8 Å². The predicted octanol–water partition coefficient (Wildman–Crippen LogP) is 2.22. The summed E-state index contributed by atoms with van der Waals surface area (Å²) in [6, 6.07) is 5.02. The number of nitro groups is 1. The monoisotopic (exact) mass is 295 g/mol. The third-order valence-electron chi connectivity index (χ3n) is 2.86. The van der Waals surface area contributed by atoms with E-state index in [-0.39, 0.29) is 5.69 Å². The van der Waals surface area contributed by atoms with E-state index in [1.165, 1.54) is 24.3 Å². The number of aliphatic carboxylic acids is 1. The molecular weight excluding hydrogens is 278 g/mol. The van der Waals surface area contributed by atoms with Crippen LogP contribution in [0.5, 0.6) is 0 Å². The molecule has 0 bridgehead atoms. The molecule has 0 spiro atoms. The number of non-ortho nitro benzene ring substituents is 1. The molecule has 3 N–H and O–H groups in total. The number of nitrogens with one attached hydrogen (secondary N) is 2. The highest BCUT2D eigenvalue weighted by molar-refractivity contribution is 5.89. The summed E-state index contributed by atoms with van der Waals surface area (Å²) < 4.78 is 0. The third kappa shape index (κ3) is 5.89. The molecular formula is C13H17N3O5. The van der Waals surface area contributed by atoms with Crippen LogP contribution in [0, 0.1) is 16.0 Å². The summed E-state index contributed by atoms with van der Waals surface area (Å²) in [5.41, 5.74) is 0.389. The maximum Gasteiger partial charge on any atom is 0.319 e. The van der Waals surface area contributed by atoms with E-state index in [4.69, 9.17) is 5.11 Å². The summed E-state index contributed by atoms with van der Waals surface area (Å²) in [6.07, 6.45) is 1.04. The van der Waals surface area contributed by atoms with Crippen molar-refractivity contribution in [2.24, 2.45) is 5.92 Å². The maximum atomic E-state index is 11.5. The third-order valence-corrected chi connectivity index (χ3v) is 2.86. The predicted molar refractivity (Wildman–Crippen MR) is 76.2 cm³/mol. The van der Waals surface area contributed by atoms with E-state index in [2.05, 4.69) is 10.6 Å². The smallest absolute Gasteiger partial charge is 0.319 e. The van der Waals surface area contributed by atoms with Crippen LogP contribution in [0.25, 0.3) is 0 Å². The molecule has 0 aromatic heterocycles. The lowest BCUT2D eigenvalue weighted by atomic mass is 10.1. The van der Waals surface area contributed by atoms with Crippen LogP contribution in [0.4, 0.5) is 16.2 Å². The lowest BCUT2D eigenvalue weighted by Crippen LogP contribution is -2.29. The Balaban J connectivity index is 2.30. The summed E-state index contributed by atoms with van der Waals surface area (Å²) in [5.74, 6) is -1.30. The molecule has 1 atom stereocenters. The van der Waals surface area contributed by atoms with Crippen molar-refractivity contribution in [3.8, 4) is 0 Å². The van der Waals surface area contributed by atoms with Gasteiger partial charge in [0.05, 0.1) is 10.8 Å². The average molecular weight is 295 g/mol. The molecule has 8 heteroatoms. The van der Waals surface area contributed by atoms with Gasteiger partial charge in [0.1, 0.15) is 0 Å². The number of hydrogen-bond donors (Lipinski definition) is 3. The number of carbonyl (C=O) groups is 2. The van der Waals surface area contributed by atoms with Crippen LogP contribution in [0.2, 0.25) is 0 Å². The second-order valence-corrected chi connectivity index (χ2v) is 4.57. The number of anilines is 1. The molecule has 0 aliphatic carbocycles. The molecule has 0 saturated heterocycles. The Hall–Kier alpha value is -2.64. The molecule has 0 fully saturated rings. The first kappa shape index (κ1) is 16.4. The Morgan fingerprint density at radius 3 is 2.48 bits per heavy atom. The van der Waals surface area contributed by atoms with Crippen molar-refractivity contribution in [1.29, 1.82) is 0 Å². The highest BCUT2D eigenvalue weighted by atomic mass is 16.6. The Morgan fingerprint density at radius 2 is 1.95 bits per heavy atom. The number of rotatable bonds is 7. The summed E-state index contributed by atoms with van der Waals surface area (Å²) in [7, 11) is 0. The molecule has 1 unspecified atom stereocenters. The van der Waals surface area contributed by atoms with Gasteiger partial charge in [-0.25, -0.2) is 4.79 Å². The van der Waals surface area contributed by atoms with E-state index in [1.807, 2.05) is 0 Å². The van der Waals surface area contributed by atoms with Gasteiger partial charge in [0.2, 0.25) is 0 Å². The minimum Gasteiger partial charge on any atom is -0.481 e. The number of carboxylic acid groups (broad SMARTS) is 1. The highest BCUT2D eigenvalue weighted by Gasteiger charge is 2.10. The van der Waals surface area contributed by atoms with Gasteiger partial charge in [-0.1, -0.05) is 6.92 Å². The van der Waals surface area contributed by atoms with Crippen LogP contribution in [-0.2, 0) is 4.79 Å². The van der Waals surface area contributed by atoms with Crippen LogP contribution >= 0.6 is 0 Å². The molecule has 114 valence electrons. The van der Waals surface area contributed by atoms with Crippen LogP contribution in [0.3, 0.4) is 0 Å². The molecule has 0 aliphatic heterocycles. The number of nitro benzene ring substituents is 1. The zero-order valence-corrected chi connectivity index (χ0v) is 11.5. The van der Waals surface area contributed by atoms with Gasteiger partial charge in [-0.05, 0) is 25.0 Å². The zero-order valence-electron chi connectivity index (χ0n) is 11.5. The second kappa shape index (κ2) is 7.83. The van der Waals surface area contributed by atoms with Gasteiger partial charge < -0.3 is 15.7 Å². The topological polar surface area (TPSA) is 122 Å². The van der Waals surface area contributed by atoms with Gasteiger partial charge in [0, 0.05) is 24.4 Å². The van der Waals surface area contributed by atoms with Crippen molar-refractivity contribution in [3.63, 3.8) is 0 Å². The normalized spacial score (nSPS) is 11.5. The fraction of sp³-hybridized carbons (Fsp3) is 0.385. The Labute approximate surface area is 121 Å². The Morgan fingerprint density at radius 1 is 1.33 bits per heavy atom. The fourth-order valence-electron chi connectivity index (χ4n) is 1.58. The molecule has 0 radical (unpaired) electrons. The number of amides is 2. The van der Waals surface area contributed by atoms with E-state index in [0.29, 0.717) is 25.1 Å². The first-order valence-corrected chi connectivity index (χ1v) is 6.42. The number of carboxylic acids is 1. The van der Waals surface area contributed by atoms with Crippen LogP contribution < -0.4 is 10.6 Å². The summed E-state index contributed by atoms with van der Waals surface area (Å²) >= 11 is 0. The number of hydrogen-bond acceptors (Lipinski definition) is 4. The molecule has 21 heavy (non-hydrogen) atoms. The van der Waals surface area contributed by atoms with Crippen molar-refractivity contribution in [2.45, 2.75) is 19.8 Å². The minimum atomic E-state index is -0.856. The molecule has 8 nitrogen and oxygen atoms in total. The number of urea groups is 1. The van der Waals surface area contributed by atoms with Crippen molar-refractivity contribution in [3.05, 3.63) is 34.4 Å². The molecule has 0 aliphatic rings. The zero-order chi connectivity index (χ0) is 15.8. The summed E-state index contributed by atoms with van der Waals surface area (Å²) in [6.45, 7) is 1.97. The van der Waals surface area contributed by atoms with E-state index >= 15 is 0 Å². The van der Waals surface area contributed by atoms with Gasteiger partial charge in [0.25, 0.3) is 5.69 Å². The Kier molecular flexibility index (Phi) is 6.12.